The molecule has 0 amide bonds. The van der Waals surface area contributed by atoms with E-state index in [0.717, 1.165) is 31.5 Å². The van der Waals surface area contributed by atoms with Crippen molar-refractivity contribution in [3.05, 3.63) is 35.4 Å². The number of hydrogen-bond acceptors (Lipinski definition) is 4. The third-order valence-electron chi connectivity index (χ3n) is 3.76. The molecular formula is C17H27N3O. The molecule has 0 aliphatic carbocycles. The van der Waals surface area contributed by atoms with Gasteiger partial charge in [-0.25, -0.2) is 0 Å². The lowest BCUT2D eigenvalue weighted by Crippen LogP contribution is -2.28. The molecule has 0 radical (unpaired) electrons. The first-order valence-corrected chi connectivity index (χ1v) is 7.63. The molecule has 116 valence electrons. The van der Waals surface area contributed by atoms with Crippen LogP contribution in [0.4, 0.5) is 0 Å². The Morgan fingerprint density at radius 3 is 2.48 bits per heavy atom. The van der Waals surface area contributed by atoms with Crippen LogP contribution in [-0.2, 0) is 0 Å². The quantitative estimate of drug-likeness (QED) is 0.685. The first-order chi connectivity index (χ1) is 10.0. The Balaban J connectivity index is 2.16. The van der Waals surface area contributed by atoms with Gasteiger partial charge >= 0.3 is 0 Å². The first kappa shape index (κ1) is 17.6. The smallest absolute Gasteiger partial charge is 0.0991 e. The minimum atomic E-state index is -0.518. The van der Waals surface area contributed by atoms with Crippen LogP contribution in [0.5, 0.6) is 0 Å². The van der Waals surface area contributed by atoms with Gasteiger partial charge in [0.1, 0.15) is 0 Å². The van der Waals surface area contributed by atoms with E-state index < -0.39 is 6.10 Å². The molecule has 2 N–H and O–H groups in total. The van der Waals surface area contributed by atoms with Gasteiger partial charge < -0.3 is 15.3 Å². The molecule has 0 heterocycles. The monoisotopic (exact) mass is 289 g/mol. The van der Waals surface area contributed by atoms with E-state index in [-0.39, 0.29) is 0 Å². The summed E-state index contributed by atoms with van der Waals surface area (Å²) in [7, 11) is 2.15. The van der Waals surface area contributed by atoms with Crippen LogP contribution >= 0.6 is 0 Å². The van der Waals surface area contributed by atoms with E-state index in [0.29, 0.717) is 18.2 Å². The standard InChI is InChI=1S/C17H27N3O/c1-14(2)20(3)11-5-4-10-19-13-17(21)16-8-6-15(12-18)7-9-16/h6-9,14,17,19,21H,4-5,10-11,13H2,1-3H3. The number of rotatable bonds is 9. The Kier molecular flexibility index (Phi) is 7.99. The number of nitriles is 1. The van der Waals surface area contributed by atoms with Crippen molar-refractivity contribution >= 4 is 0 Å². The maximum absolute atomic E-state index is 10.0. The van der Waals surface area contributed by atoms with Crippen molar-refractivity contribution in [1.82, 2.24) is 10.2 Å². The highest BCUT2D eigenvalue weighted by Crippen LogP contribution is 2.12. The number of unbranched alkanes of at least 4 members (excludes halogenated alkanes) is 1. The van der Waals surface area contributed by atoms with E-state index in [2.05, 4.69) is 37.2 Å². The van der Waals surface area contributed by atoms with Crippen LogP contribution in [-0.4, -0.2) is 42.7 Å². The summed E-state index contributed by atoms with van der Waals surface area (Å²) in [6, 6.07) is 9.76. The van der Waals surface area contributed by atoms with Crippen LogP contribution in [0.2, 0.25) is 0 Å². The average Bonchev–Trinajstić information content (AvgIpc) is 2.50. The van der Waals surface area contributed by atoms with Crippen LogP contribution in [0, 0.1) is 11.3 Å². The highest BCUT2D eigenvalue weighted by molar-refractivity contribution is 5.32. The van der Waals surface area contributed by atoms with Gasteiger partial charge in [0.15, 0.2) is 0 Å². The molecule has 4 heteroatoms. The summed E-state index contributed by atoms with van der Waals surface area (Å²) in [6.45, 7) is 6.97. The third kappa shape index (κ3) is 6.72. The Bertz CT molecular complexity index is 436. The number of benzene rings is 1. The molecule has 1 rings (SSSR count). The zero-order valence-corrected chi connectivity index (χ0v) is 13.3. The second-order valence-electron chi connectivity index (χ2n) is 5.74. The fraction of sp³-hybridized carbons (Fsp3) is 0.588. The molecule has 0 aliphatic rings. The normalized spacial score (nSPS) is 12.6. The van der Waals surface area contributed by atoms with E-state index in [1.54, 1.807) is 12.1 Å². The van der Waals surface area contributed by atoms with E-state index in [4.69, 9.17) is 5.26 Å². The molecule has 21 heavy (non-hydrogen) atoms. The van der Waals surface area contributed by atoms with Gasteiger partial charge in [0.05, 0.1) is 17.7 Å². The SMILES string of the molecule is CC(C)N(C)CCCCNCC(O)c1ccc(C#N)cc1. The van der Waals surface area contributed by atoms with E-state index in [9.17, 15) is 5.11 Å². The lowest BCUT2D eigenvalue weighted by atomic mass is 10.1. The second-order valence-corrected chi connectivity index (χ2v) is 5.74. The van der Waals surface area contributed by atoms with Gasteiger partial charge in [-0.2, -0.15) is 5.26 Å². The van der Waals surface area contributed by atoms with Crippen LogP contribution in [0.3, 0.4) is 0 Å². The fourth-order valence-corrected chi connectivity index (χ4v) is 2.01. The number of nitrogens with zero attached hydrogens (tertiary/aromatic N) is 2. The summed E-state index contributed by atoms with van der Waals surface area (Å²) < 4.78 is 0. The number of aliphatic hydroxyl groups excluding tert-OH is 1. The second kappa shape index (κ2) is 9.51. The Morgan fingerprint density at radius 2 is 1.90 bits per heavy atom. The van der Waals surface area contributed by atoms with Gasteiger partial charge in [-0.3, -0.25) is 0 Å². The lowest BCUT2D eigenvalue weighted by molar-refractivity contribution is 0.174. The van der Waals surface area contributed by atoms with Crippen LogP contribution < -0.4 is 5.32 Å². The molecular weight excluding hydrogens is 262 g/mol. The Hall–Kier alpha value is -1.41. The lowest BCUT2D eigenvalue weighted by Gasteiger charge is -2.20. The van der Waals surface area contributed by atoms with Gasteiger partial charge in [-0.1, -0.05) is 12.1 Å². The molecule has 1 unspecified atom stereocenters. The minimum absolute atomic E-state index is 0.518. The zero-order chi connectivity index (χ0) is 15.7. The largest absolute Gasteiger partial charge is 0.387 e. The highest BCUT2D eigenvalue weighted by Gasteiger charge is 2.07. The molecule has 0 saturated carbocycles. The average molecular weight is 289 g/mol. The highest BCUT2D eigenvalue weighted by atomic mass is 16.3. The van der Waals surface area contributed by atoms with Crippen molar-refractivity contribution in [2.24, 2.45) is 0 Å². The summed E-state index contributed by atoms with van der Waals surface area (Å²) in [5.41, 5.74) is 1.47. The van der Waals surface area contributed by atoms with Crippen LogP contribution in [0.15, 0.2) is 24.3 Å². The molecule has 1 aromatic rings. The van der Waals surface area contributed by atoms with E-state index in [1.165, 1.54) is 0 Å². The Labute approximate surface area is 128 Å². The summed E-state index contributed by atoms with van der Waals surface area (Å²) in [4.78, 5) is 2.34. The maximum atomic E-state index is 10.0. The summed E-state index contributed by atoms with van der Waals surface area (Å²) in [5, 5.41) is 22.1. The van der Waals surface area contributed by atoms with E-state index in [1.807, 2.05) is 12.1 Å². The van der Waals surface area contributed by atoms with E-state index >= 15 is 0 Å². The topological polar surface area (TPSA) is 59.3 Å². The summed E-state index contributed by atoms with van der Waals surface area (Å²) in [5.74, 6) is 0. The van der Waals surface area contributed by atoms with Crippen LogP contribution in [0.1, 0.15) is 43.9 Å². The molecule has 0 aliphatic heterocycles. The molecule has 1 aromatic carbocycles. The molecule has 0 fully saturated rings. The van der Waals surface area contributed by atoms with Crippen molar-refractivity contribution in [2.45, 2.75) is 38.8 Å². The van der Waals surface area contributed by atoms with Crippen molar-refractivity contribution in [2.75, 3.05) is 26.7 Å². The number of aliphatic hydroxyl groups is 1. The van der Waals surface area contributed by atoms with Gasteiger partial charge in [0.2, 0.25) is 0 Å². The van der Waals surface area contributed by atoms with Crippen molar-refractivity contribution in [3.63, 3.8) is 0 Å². The van der Waals surface area contributed by atoms with Crippen molar-refractivity contribution < 1.29 is 5.11 Å². The molecule has 0 spiro atoms. The fourth-order valence-electron chi connectivity index (χ4n) is 2.01. The van der Waals surface area contributed by atoms with Crippen molar-refractivity contribution in [1.29, 1.82) is 5.26 Å². The maximum Gasteiger partial charge on any atom is 0.0991 e. The van der Waals surface area contributed by atoms with Gasteiger partial charge in [-0.15, -0.1) is 0 Å². The first-order valence-electron chi connectivity index (χ1n) is 7.63. The molecule has 0 saturated heterocycles. The summed E-state index contributed by atoms with van der Waals surface area (Å²) in [6.07, 6.45) is 1.75. The van der Waals surface area contributed by atoms with Crippen LogP contribution in [0.25, 0.3) is 0 Å². The Morgan fingerprint density at radius 1 is 1.24 bits per heavy atom. The predicted molar refractivity (Wildman–Crippen MR) is 86.0 cm³/mol. The number of hydrogen-bond donors (Lipinski definition) is 2. The predicted octanol–water partition coefficient (Wildman–Crippen LogP) is 2.30. The minimum Gasteiger partial charge on any atom is -0.387 e. The molecule has 4 nitrogen and oxygen atoms in total. The zero-order valence-electron chi connectivity index (χ0n) is 13.3. The van der Waals surface area contributed by atoms with Gasteiger partial charge in [0, 0.05) is 12.6 Å². The van der Waals surface area contributed by atoms with Crippen molar-refractivity contribution in [3.8, 4) is 6.07 Å². The van der Waals surface area contributed by atoms with Gasteiger partial charge in [0.25, 0.3) is 0 Å². The molecule has 0 bridgehead atoms. The molecule has 0 aromatic heterocycles. The third-order valence-corrected chi connectivity index (χ3v) is 3.76. The van der Waals surface area contributed by atoms with Gasteiger partial charge in [-0.05, 0) is 64.5 Å². The summed E-state index contributed by atoms with van der Waals surface area (Å²) >= 11 is 0. The number of nitrogens with one attached hydrogen (secondary N) is 1. The molecule has 1 atom stereocenters.